The van der Waals surface area contributed by atoms with Crippen LogP contribution >= 0.6 is 0 Å². The van der Waals surface area contributed by atoms with Crippen molar-refractivity contribution in [1.82, 2.24) is 4.90 Å². The molecule has 19 heavy (non-hydrogen) atoms. The Hall–Kier alpha value is -1.40. The number of nitrogens with zero attached hydrogens (tertiary/aromatic N) is 1. The summed E-state index contributed by atoms with van der Waals surface area (Å²) in [7, 11) is -3.32. The van der Waals surface area contributed by atoms with E-state index in [-0.39, 0.29) is 24.9 Å². The largest absolute Gasteiger partial charge is 0.369 e. The first kappa shape index (κ1) is 15.7. The average molecular weight is 284 g/mol. The summed E-state index contributed by atoms with van der Waals surface area (Å²) < 4.78 is 24.2. The molecule has 2 N–H and O–H groups in total. The van der Waals surface area contributed by atoms with Gasteiger partial charge < -0.3 is 5.73 Å². The molecular weight excluding hydrogens is 264 g/mol. The van der Waals surface area contributed by atoms with Crippen molar-refractivity contribution < 1.29 is 13.2 Å². The van der Waals surface area contributed by atoms with Crippen molar-refractivity contribution in [3.8, 4) is 0 Å². The Balaban J connectivity index is 2.71. The molecule has 1 rings (SSSR count). The van der Waals surface area contributed by atoms with Gasteiger partial charge in [0, 0.05) is 12.6 Å². The fourth-order valence-electron chi connectivity index (χ4n) is 1.70. The molecule has 1 amide bonds. The first-order valence-corrected chi connectivity index (χ1v) is 7.78. The van der Waals surface area contributed by atoms with Crippen LogP contribution in [0.1, 0.15) is 13.8 Å². The van der Waals surface area contributed by atoms with Crippen molar-refractivity contribution in [3.63, 3.8) is 0 Å². The lowest BCUT2D eigenvalue weighted by Gasteiger charge is -2.24. The van der Waals surface area contributed by atoms with Gasteiger partial charge in [0.2, 0.25) is 5.91 Å². The summed E-state index contributed by atoms with van der Waals surface area (Å²) >= 11 is 0. The van der Waals surface area contributed by atoms with E-state index in [1.54, 1.807) is 35.2 Å². The van der Waals surface area contributed by atoms with Crippen molar-refractivity contribution in [2.45, 2.75) is 24.8 Å². The molecule has 0 aromatic heterocycles. The highest BCUT2D eigenvalue weighted by atomic mass is 32.2. The second kappa shape index (κ2) is 6.68. The molecule has 0 fully saturated rings. The number of primary amides is 1. The van der Waals surface area contributed by atoms with Crippen LogP contribution in [0.2, 0.25) is 0 Å². The minimum Gasteiger partial charge on any atom is -0.369 e. The van der Waals surface area contributed by atoms with Crippen molar-refractivity contribution in [3.05, 3.63) is 30.3 Å². The molecule has 6 heteroatoms. The van der Waals surface area contributed by atoms with Crippen LogP contribution in [-0.4, -0.2) is 44.1 Å². The zero-order valence-corrected chi connectivity index (χ0v) is 12.1. The van der Waals surface area contributed by atoms with Gasteiger partial charge >= 0.3 is 0 Å². The van der Waals surface area contributed by atoms with E-state index in [4.69, 9.17) is 5.73 Å². The third kappa shape index (κ3) is 5.00. The Morgan fingerprint density at radius 3 is 2.32 bits per heavy atom. The quantitative estimate of drug-likeness (QED) is 0.797. The molecule has 0 bridgehead atoms. The van der Waals surface area contributed by atoms with Gasteiger partial charge in [-0.3, -0.25) is 9.69 Å². The average Bonchev–Trinajstić information content (AvgIpc) is 2.35. The standard InChI is InChI=1S/C13H20N2O3S/c1-11(2)15(10-13(14)16)8-9-19(17,18)12-6-4-3-5-7-12/h3-7,11H,8-10H2,1-2H3,(H2,14,16). The predicted molar refractivity (Wildman–Crippen MR) is 74.4 cm³/mol. The minimum atomic E-state index is -3.32. The van der Waals surface area contributed by atoms with Gasteiger partial charge in [-0.05, 0) is 26.0 Å². The highest BCUT2D eigenvalue weighted by Crippen LogP contribution is 2.11. The predicted octanol–water partition coefficient (Wildman–Crippen LogP) is 0.656. The van der Waals surface area contributed by atoms with Gasteiger partial charge in [0.05, 0.1) is 17.2 Å². The summed E-state index contributed by atoms with van der Waals surface area (Å²) in [6.45, 7) is 4.16. The summed E-state index contributed by atoms with van der Waals surface area (Å²) in [5.41, 5.74) is 5.15. The lowest BCUT2D eigenvalue weighted by molar-refractivity contribution is -0.119. The first-order valence-electron chi connectivity index (χ1n) is 6.13. The van der Waals surface area contributed by atoms with Gasteiger partial charge in [0.25, 0.3) is 0 Å². The summed E-state index contributed by atoms with van der Waals surface area (Å²) in [6, 6.07) is 8.37. The highest BCUT2D eigenvalue weighted by Gasteiger charge is 2.18. The minimum absolute atomic E-state index is 0.0253. The summed E-state index contributed by atoms with van der Waals surface area (Å²) in [6.07, 6.45) is 0. The van der Waals surface area contributed by atoms with E-state index in [9.17, 15) is 13.2 Å². The lowest BCUT2D eigenvalue weighted by Crippen LogP contribution is -2.41. The van der Waals surface area contributed by atoms with Gasteiger partial charge in [-0.1, -0.05) is 18.2 Å². The van der Waals surface area contributed by atoms with Crippen molar-refractivity contribution in [2.75, 3.05) is 18.8 Å². The molecule has 0 heterocycles. The van der Waals surface area contributed by atoms with Crippen LogP contribution in [-0.2, 0) is 14.6 Å². The van der Waals surface area contributed by atoms with E-state index in [1.165, 1.54) is 0 Å². The third-order valence-electron chi connectivity index (χ3n) is 2.84. The highest BCUT2D eigenvalue weighted by molar-refractivity contribution is 7.91. The molecule has 1 aromatic carbocycles. The molecule has 0 atom stereocenters. The van der Waals surface area contributed by atoms with Crippen LogP contribution < -0.4 is 5.73 Å². The van der Waals surface area contributed by atoms with E-state index in [1.807, 2.05) is 13.8 Å². The molecule has 0 spiro atoms. The van der Waals surface area contributed by atoms with Crippen molar-refractivity contribution in [2.24, 2.45) is 5.73 Å². The maximum Gasteiger partial charge on any atom is 0.231 e. The first-order chi connectivity index (χ1) is 8.83. The van der Waals surface area contributed by atoms with Crippen LogP contribution in [0.5, 0.6) is 0 Å². The summed E-state index contributed by atoms with van der Waals surface area (Å²) in [5, 5.41) is 0. The number of sulfone groups is 1. The molecular formula is C13H20N2O3S. The van der Waals surface area contributed by atoms with Crippen LogP contribution in [0.15, 0.2) is 35.2 Å². The van der Waals surface area contributed by atoms with Crippen LogP contribution in [0.3, 0.4) is 0 Å². The number of carbonyl (C=O) groups excluding carboxylic acids is 1. The number of carbonyl (C=O) groups is 1. The van der Waals surface area contributed by atoms with E-state index >= 15 is 0 Å². The van der Waals surface area contributed by atoms with Gasteiger partial charge in [0.1, 0.15) is 0 Å². The molecule has 0 unspecified atom stereocenters. The summed E-state index contributed by atoms with van der Waals surface area (Å²) in [4.78, 5) is 13.0. The molecule has 0 aliphatic rings. The fraction of sp³-hybridized carbons (Fsp3) is 0.462. The normalized spacial score (nSPS) is 12.0. The molecule has 0 aliphatic heterocycles. The number of amides is 1. The number of nitrogens with two attached hydrogens (primary N) is 1. The smallest absolute Gasteiger partial charge is 0.231 e. The molecule has 1 aromatic rings. The van der Waals surface area contributed by atoms with Crippen LogP contribution in [0, 0.1) is 0 Å². The second-order valence-corrected chi connectivity index (χ2v) is 6.77. The molecule has 0 saturated carbocycles. The van der Waals surface area contributed by atoms with Crippen LogP contribution in [0.25, 0.3) is 0 Å². The van der Waals surface area contributed by atoms with E-state index in [0.29, 0.717) is 4.90 Å². The maximum absolute atomic E-state index is 12.1. The zero-order chi connectivity index (χ0) is 14.5. The number of rotatable bonds is 7. The zero-order valence-electron chi connectivity index (χ0n) is 11.2. The lowest BCUT2D eigenvalue weighted by atomic mass is 10.3. The Bertz CT molecular complexity index is 512. The molecule has 0 aliphatic carbocycles. The van der Waals surface area contributed by atoms with E-state index < -0.39 is 15.7 Å². The molecule has 106 valence electrons. The molecule has 5 nitrogen and oxygen atoms in total. The molecule has 0 saturated heterocycles. The Morgan fingerprint density at radius 2 is 1.84 bits per heavy atom. The monoisotopic (exact) mass is 284 g/mol. The number of hydrogen-bond donors (Lipinski definition) is 1. The third-order valence-corrected chi connectivity index (χ3v) is 4.55. The topological polar surface area (TPSA) is 80.5 Å². The van der Waals surface area contributed by atoms with Gasteiger partial charge in [-0.15, -0.1) is 0 Å². The van der Waals surface area contributed by atoms with Gasteiger partial charge in [0.15, 0.2) is 9.84 Å². The van der Waals surface area contributed by atoms with Crippen LogP contribution in [0.4, 0.5) is 0 Å². The second-order valence-electron chi connectivity index (χ2n) is 4.66. The summed E-state index contributed by atoms with van der Waals surface area (Å²) in [5.74, 6) is -0.478. The SMILES string of the molecule is CC(C)N(CCS(=O)(=O)c1ccccc1)CC(N)=O. The maximum atomic E-state index is 12.1. The number of hydrogen-bond acceptors (Lipinski definition) is 4. The van der Waals surface area contributed by atoms with Gasteiger partial charge in [-0.2, -0.15) is 0 Å². The fourth-order valence-corrected chi connectivity index (χ4v) is 2.99. The Morgan fingerprint density at radius 1 is 1.26 bits per heavy atom. The van der Waals surface area contributed by atoms with E-state index in [0.717, 1.165) is 0 Å². The van der Waals surface area contributed by atoms with E-state index in [2.05, 4.69) is 0 Å². The van der Waals surface area contributed by atoms with Crippen molar-refractivity contribution >= 4 is 15.7 Å². The number of benzene rings is 1. The Labute approximate surface area is 114 Å². The van der Waals surface area contributed by atoms with Crippen molar-refractivity contribution in [1.29, 1.82) is 0 Å². The molecule has 0 radical (unpaired) electrons. The van der Waals surface area contributed by atoms with Gasteiger partial charge in [-0.25, -0.2) is 8.42 Å². The Kier molecular flexibility index (Phi) is 5.50.